The molecular formula is C21H19ClN4O3. The number of likely N-dealkylation sites (tertiary alicyclic amines) is 1. The Balaban J connectivity index is 1.77. The summed E-state index contributed by atoms with van der Waals surface area (Å²) in [5.74, 6) is 5.20. The van der Waals surface area contributed by atoms with Crippen LogP contribution in [0.3, 0.4) is 0 Å². The fourth-order valence-corrected chi connectivity index (χ4v) is 3.69. The Hall–Kier alpha value is -2.89. The molecule has 1 amide bonds. The number of nitrogens with two attached hydrogens (primary N) is 1. The molecule has 1 aliphatic heterocycles. The van der Waals surface area contributed by atoms with Crippen molar-refractivity contribution in [3.05, 3.63) is 58.7 Å². The summed E-state index contributed by atoms with van der Waals surface area (Å²) in [5.41, 5.74) is 6.25. The van der Waals surface area contributed by atoms with Crippen LogP contribution in [0.15, 0.2) is 42.5 Å². The molecule has 0 spiro atoms. The van der Waals surface area contributed by atoms with Crippen LogP contribution in [0.1, 0.15) is 23.9 Å². The molecule has 0 aliphatic carbocycles. The van der Waals surface area contributed by atoms with E-state index < -0.39 is 17.7 Å². The number of likely N-dealkylation sites (N-methyl/N-ethyl adjacent to an activating group) is 1. The summed E-state index contributed by atoms with van der Waals surface area (Å²) >= 11 is 6.30. The summed E-state index contributed by atoms with van der Waals surface area (Å²) in [7, 11) is 1.64. The standard InChI is InChI=1S/C21H19ClN4O3/c1-25-11-10-21(29,20(25)28)9-8-13-4-2-5-14(12-13)26-16-7-3-6-15(22)17(16)18(24-26)19(23)27/h2-7,12,19,27,29H,10-11,23H2,1H3. The highest BCUT2D eigenvalue weighted by Crippen LogP contribution is 2.31. The highest BCUT2D eigenvalue weighted by atomic mass is 35.5. The quantitative estimate of drug-likeness (QED) is 0.439. The van der Waals surface area contributed by atoms with E-state index in [0.717, 1.165) is 0 Å². The molecule has 2 aromatic carbocycles. The Bertz CT molecular complexity index is 1180. The second-order valence-corrected chi connectivity index (χ2v) is 7.42. The second-order valence-electron chi connectivity index (χ2n) is 7.01. The van der Waals surface area contributed by atoms with Crippen molar-refractivity contribution in [1.29, 1.82) is 0 Å². The van der Waals surface area contributed by atoms with Gasteiger partial charge < -0.3 is 20.8 Å². The molecular weight excluding hydrogens is 392 g/mol. The number of aliphatic hydroxyl groups is 2. The summed E-state index contributed by atoms with van der Waals surface area (Å²) in [5, 5.41) is 25.8. The molecule has 3 aromatic rings. The molecule has 2 unspecified atom stereocenters. The molecule has 0 saturated carbocycles. The van der Waals surface area contributed by atoms with Crippen LogP contribution < -0.4 is 5.73 Å². The maximum Gasteiger partial charge on any atom is 0.267 e. The number of benzene rings is 2. The largest absolute Gasteiger partial charge is 0.373 e. The number of amides is 1. The lowest BCUT2D eigenvalue weighted by Gasteiger charge is -2.13. The smallest absolute Gasteiger partial charge is 0.267 e. The zero-order valence-electron chi connectivity index (χ0n) is 15.6. The first-order valence-corrected chi connectivity index (χ1v) is 9.40. The van der Waals surface area contributed by atoms with Crippen molar-refractivity contribution >= 4 is 28.4 Å². The van der Waals surface area contributed by atoms with Gasteiger partial charge in [0, 0.05) is 31.0 Å². The Labute approximate surface area is 172 Å². The van der Waals surface area contributed by atoms with Crippen LogP contribution in [0.5, 0.6) is 0 Å². The Morgan fingerprint density at radius 2 is 2.07 bits per heavy atom. The number of hydrogen-bond acceptors (Lipinski definition) is 5. The number of rotatable bonds is 2. The third kappa shape index (κ3) is 3.37. The lowest BCUT2D eigenvalue weighted by atomic mass is 10.0. The van der Waals surface area contributed by atoms with E-state index in [-0.39, 0.29) is 12.1 Å². The van der Waals surface area contributed by atoms with Gasteiger partial charge in [0.2, 0.25) is 5.60 Å². The zero-order valence-corrected chi connectivity index (χ0v) is 16.4. The Morgan fingerprint density at radius 1 is 1.31 bits per heavy atom. The van der Waals surface area contributed by atoms with E-state index in [1.54, 1.807) is 42.1 Å². The van der Waals surface area contributed by atoms with Crippen molar-refractivity contribution in [2.24, 2.45) is 5.73 Å². The molecule has 4 rings (SSSR count). The van der Waals surface area contributed by atoms with Crippen molar-refractivity contribution in [3.8, 4) is 17.5 Å². The number of hydrogen-bond donors (Lipinski definition) is 3. The zero-order chi connectivity index (χ0) is 20.8. The van der Waals surface area contributed by atoms with Crippen LogP contribution in [-0.4, -0.2) is 50.0 Å². The summed E-state index contributed by atoms with van der Waals surface area (Å²) in [6.45, 7) is 0.467. The molecule has 0 bridgehead atoms. The van der Waals surface area contributed by atoms with E-state index in [9.17, 15) is 15.0 Å². The molecule has 1 aliphatic rings. The predicted molar refractivity (Wildman–Crippen MR) is 109 cm³/mol. The van der Waals surface area contributed by atoms with Crippen molar-refractivity contribution in [2.75, 3.05) is 13.6 Å². The Kier molecular flexibility index (Phi) is 4.81. The molecule has 1 fully saturated rings. The molecule has 148 valence electrons. The van der Waals surface area contributed by atoms with E-state index >= 15 is 0 Å². The van der Waals surface area contributed by atoms with Gasteiger partial charge in [0.1, 0.15) is 11.9 Å². The number of halogens is 1. The Morgan fingerprint density at radius 3 is 2.76 bits per heavy atom. The molecule has 4 N–H and O–H groups in total. The summed E-state index contributed by atoms with van der Waals surface area (Å²) < 4.78 is 1.63. The van der Waals surface area contributed by atoms with Gasteiger partial charge in [-0.2, -0.15) is 5.10 Å². The van der Waals surface area contributed by atoms with Gasteiger partial charge in [-0.15, -0.1) is 0 Å². The highest BCUT2D eigenvalue weighted by molar-refractivity contribution is 6.35. The molecule has 2 atom stereocenters. The normalized spacial score (nSPS) is 20.0. The van der Waals surface area contributed by atoms with Crippen molar-refractivity contribution < 1.29 is 15.0 Å². The van der Waals surface area contributed by atoms with Crippen molar-refractivity contribution in [2.45, 2.75) is 18.2 Å². The van der Waals surface area contributed by atoms with Gasteiger partial charge in [0.25, 0.3) is 5.91 Å². The summed E-state index contributed by atoms with van der Waals surface area (Å²) in [6.07, 6.45) is -1.00. The average Bonchev–Trinajstić information content (AvgIpc) is 3.22. The van der Waals surface area contributed by atoms with Gasteiger partial charge in [0.05, 0.1) is 16.2 Å². The van der Waals surface area contributed by atoms with E-state index in [1.807, 2.05) is 12.1 Å². The first kappa shape index (κ1) is 19.4. The minimum Gasteiger partial charge on any atom is -0.373 e. The summed E-state index contributed by atoms with van der Waals surface area (Å²) in [6, 6.07) is 12.5. The number of fused-ring (bicyclic) bond motifs is 1. The van der Waals surface area contributed by atoms with E-state index in [0.29, 0.717) is 33.7 Å². The predicted octanol–water partition coefficient (Wildman–Crippen LogP) is 1.57. The molecule has 29 heavy (non-hydrogen) atoms. The minimum absolute atomic E-state index is 0.273. The molecule has 7 nitrogen and oxygen atoms in total. The summed E-state index contributed by atoms with van der Waals surface area (Å²) in [4.78, 5) is 13.6. The number of carbonyl (C=O) groups excluding carboxylic acids is 1. The van der Waals surface area contributed by atoms with Crippen LogP contribution in [0.4, 0.5) is 0 Å². The molecule has 0 radical (unpaired) electrons. The SMILES string of the molecule is CN1CCC(O)(C#Cc2cccc(-n3nc(C(N)O)c4c(Cl)cccc43)c2)C1=O. The lowest BCUT2D eigenvalue weighted by molar-refractivity contribution is -0.137. The maximum atomic E-state index is 12.1. The lowest BCUT2D eigenvalue weighted by Crippen LogP contribution is -2.37. The van der Waals surface area contributed by atoms with E-state index in [4.69, 9.17) is 17.3 Å². The fraction of sp³-hybridized carbons (Fsp3) is 0.238. The average molecular weight is 411 g/mol. The first-order valence-electron chi connectivity index (χ1n) is 9.02. The topological polar surface area (TPSA) is 105 Å². The molecule has 1 saturated heterocycles. The van der Waals surface area contributed by atoms with E-state index in [2.05, 4.69) is 16.9 Å². The van der Waals surface area contributed by atoms with Crippen molar-refractivity contribution in [1.82, 2.24) is 14.7 Å². The van der Waals surface area contributed by atoms with Crippen LogP contribution in [0.2, 0.25) is 5.02 Å². The van der Waals surface area contributed by atoms with Crippen LogP contribution in [0, 0.1) is 11.8 Å². The molecule has 8 heteroatoms. The third-order valence-electron chi connectivity index (χ3n) is 4.98. The van der Waals surface area contributed by atoms with Gasteiger partial charge in [-0.25, -0.2) is 4.68 Å². The van der Waals surface area contributed by atoms with Crippen LogP contribution >= 0.6 is 11.6 Å². The molecule has 1 aromatic heterocycles. The van der Waals surface area contributed by atoms with Gasteiger partial charge in [-0.3, -0.25) is 4.79 Å². The monoisotopic (exact) mass is 410 g/mol. The van der Waals surface area contributed by atoms with Gasteiger partial charge in [-0.1, -0.05) is 35.6 Å². The first-order chi connectivity index (χ1) is 13.8. The van der Waals surface area contributed by atoms with Gasteiger partial charge >= 0.3 is 0 Å². The fourth-order valence-electron chi connectivity index (χ4n) is 3.42. The van der Waals surface area contributed by atoms with Gasteiger partial charge in [0.15, 0.2) is 0 Å². The van der Waals surface area contributed by atoms with E-state index in [1.165, 1.54) is 4.90 Å². The number of nitrogens with zero attached hydrogens (tertiary/aromatic N) is 3. The second kappa shape index (κ2) is 7.17. The third-order valence-corrected chi connectivity index (χ3v) is 5.29. The number of aliphatic hydroxyl groups excluding tert-OH is 1. The maximum absolute atomic E-state index is 12.1. The van der Waals surface area contributed by atoms with Gasteiger partial charge in [-0.05, 0) is 30.3 Å². The molecule has 2 heterocycles. The van der Waals surface area contributed by atoms with Crippen LogP contribution in [-0.2, 0) is 4.79 Å². The van der Waals surface area contributed by atoms with Crippen molar-refractivity contribution in [3.63, 3.8) is 0 Å². The highest BCUT2D eigenvalue weighted by Gasteiger charge is 2.42. The minimum atomic E-state index is -1.66. The number of carbonyl (C=O) groups is 1. The number of aromatic nitrogens is 2. The van der Waals surface area contributed by atoms with Crippen LogP contribution in [0.25, 0.3) is 16.6 Å².